The van der Waals surface area contributed by atoms with E-state index in [0.29, 0.717) is 11.3 Å². The van der Waals surface area contributed by atoms with Gasteiger partial charge in [-0.3, -0.25) is 0 Å². The number of thiophene rings is 1. The molecule has 1 atom stereocenters. The Labute approximate surface area is 129 Å². The van der Waals surface area contributed by atoms with E-state index in [2.05, 4.69) is 5.32 Å². The molecule has 0 aliphatic carbocycles. The lowest BCUT2D eigenvalue weighted by molar-refractivity contribution is -0.139. The maximum Gasteiger partial charge on any atom is 0.425 e. The summed E-state index contributed by atoms with van der Waals surface area (Å²) in [4.78, 5) is 22.1. The predicted molar refractivity (Wildman–Crippen MR) is 73.8 cm³/mol. The molecule has 1 amide bonds. The highest BCUT2D eigenvalue weighted by atomic mass is 32.1. The third-order valence-corrected chi connectivity index (χ3v) is 3.49. The standard InChI is InChI=1S/C13H16F3NO4S/c1-12(2,3)21-11(20)17-8(10(18)19)6-7-4-5-9(22-7)13(14,15)16/h4-5,8H,6H2,1-3H3,(H,17,20)(H,18,19)/t8-/m0/s1. The topological polar surface area (TPSA) is 75.6 Å². The van der Waals surface area contributed by atoms with E-state index in [0.717, 1.165) is 6.07 Å². The molecule has 1 rings (SSSR count). The van der Waals surface area contributed by atoms with E-state index in [1.54, 1.807) is 20.8 Å². The van der Waals surface area contributed by atoms with Crippen molar-refractivity contribution in [3.05, 3.63) is 21.9 Å². The van der Waals surface area contributed by atoms with Crippen molar-refractivity contribution < 1.29 is 32.6 Å². The quantitative estimate of drug-likeness (QED) is 0.883. The lowest BCUT2D eigenvalue weighted by Crippen LogP contribution is -2.44. The molecule has 9 heteroatoms. The number of carbonyl (C=O) groups is 2. The number of alkyl carbamates (subject to hydrolysis) is 1. The molecule has 0 bridgehead atoms. The first-order valence-corrected chi connectivity index (χ1v) is 7.08. The number of alkyl halides is 3. The molecule has 0 fully saturated rings. The van der Waals surface area contributed by atoms with Gasteiger partial charge in [0, 0.05) is 11.3 Å². The van der Waals surface area contributed by atoms with Gasteiger partial charge in [0.05, 0.1) is 0 Å². The van der Waals surface area contributed by atoms with Crippen LogP contribution in [0.1, 0.15) is 30.5 Å². The number of carboxylic acid groups (broad SMARTS) is 1. The van der Waals surface area contributed by atoms with Crippen LogP contribution in [-0.2, 0) is 22.1 Å². The minimum atomic E-state index is -4.47. The molecule has 0 aromatic carbocycles. The zero-order chi connectivity index (χ0) is 17.1. The summed E-state index contributed by atoms with van der Waals surface area (Å²) in [5, 5.41) is 11.2. The Morgan fingerprint density at radius 1 is 1.32 bits per heavy atom. The molecule has 0 radical (unpaired) electrons. The zero-order valence-electron chi connectivity index (χ0n) is 12.2. The lowest BCUT2D eigenvalue weighted by Gasteiger charge is -2.21. The van der Waals surface area contributed by atoms with Crippen molar-refractivity contribution in [3.63, 3.8) is 0 Å². The van der Waals surface area contributed by atoms with E-state index in [1.165, 1.54) is 6.07 Å². The third kappa shape index (κ3) is 5.92. The van der Waals surface area contributed by atoms with Crippen molar-refractivity contribution in [2.75, 3.05) is 0 Å². The van der Waals surface area contributed by atoms with Gasteiger partial charge in [0.1, 0.15) is 16.5 Å². The van der Waals surface area contributed by atoms with Crippen LogP contribution in [0, 0.1) is 0 Å². The minimum absolute atomic E-state index is 0.204. The average molecular weight is 339 g/mol. The highest BCUT2D eigenvalue weighted by molar-refractivity contribution is 7.12. The Hall–Kier alpha value is -1.77. The van der Waals surface area contributed by atoms with Crippen molar-refractivity contribution in [1.82, 2.24) is 5.32 Å². The smallest absolute Gasteiger partial charge is 0.425 e. The molecule has 5 nitrogen and oxygen atoms in total. The molecule has 0 aliphatic heterocycles. The molecular formula is C13H16F3NO4S. The second-order valence-corrected chi connectivity index (χ2v) is 6.67. The molecule has 2 N–H and O–H groups in total. The predicted octanol–water partition coefficient (Wildman–Crippen LogP) is 3.29. The molecule has 0 saturated carbocycles. The molecule has 22 heavy (non-hydrogen) atoms. The summed E-state index contributed by atoms with van der Waals surface area (Å²) < 4.78 is 42.4. The first kappa shape index (κ1) is 18.3. The third-order valence-electron chi connectivity index (χ3n) is 2.34. The summed E-state index contributed by atoms with van der Waals surface area (Å²) in [7, 11) is 0. The Morgan fingerprint density at radius 2 is 1.91 bits per heavy atom. The highest BCUT2D eigenvalue weighted by Crippen LogP contribution is 2.34. The van der Waals surface area contributed by atoms with Gasteiger partial charge in [0.15, 0.2) is 0 Å². The number of ether oxygens (including phenoxy) is 1. The molecular weight excluding hydrogens is 323 g/mol. The van der Waals surface area contributed by atoms with E-state index in [4.69, 9.17) is 9.84 Å². The monoisotopic (exact) mass is 339 g/mol. The van der Waals surface area contributed by atoms with Gasteiger partial charge < -0.3 is 15.2 Å². The Kier molecular flexibility index (Phi) is 5.44. The fraction of sp³-hybridized carbons (Fsp3) is 0.538. The van der Waals surface area contributed by atoms with Gasteiger partial charge in [-0.2, -0.15) is 13.2 Å². The van der Waals surface area contributed by atoms with Crippen molar-refractivity contribution in [3.8, 4) is 0 Å². The summed E-state index contributed by atoms with van der Waals surface area (Å²) in [6.07, 6.45) is -5.66. The van der Waals surface area contributed by atoms with Crippen LogP contribution in [-0.4, -0.2) is 28.8 Å². The number of carboxylic acids is 1. The molecule has 0 unspecified atom stereocenters. The van der Waals surface area contributed by atoms with E-state index in [1.807, 2.05) is 0 Å². The fourth-order valence-corrected chi connectivity index (χ4v) is 2.41. The Morgan fingerprint density at radius 3 is 2.32 bits per heavy atom. The number of amides is 1. The van der Waals surface area contributed by atoms with Crippen molar-refractivity contribution in [1.29, 1.82) is 0 Å². The Bertz CT molecular complexity index is 548. The number of carbonyl (C=O) groups excluding carboxylic acids is 1. The molecule has 1 aromatic rings. The van der Waals surface area contributed by atoms with E-state index < -0.39 is 34.8 Å². The maximum absolute atomic E-state index is 12.5. The average Bonchev–Trinajstić information content (AvgIpc) is 2.73. The zero-order valence-corrected chi connectivity index (χ0v) is 13.0. The number of aliphatic carboxylic acids is 1. The normalized spacial score (nSPS) is 13.5. The summed E-state index contributed by atoms with van der Waals surface area (Å²) in [6.45, 7) is 4.83. The van der Waals surface area contributed by atoms with Gasteiger partial charge in [-0.25, -0.2) is 9.59 Å². The molecule has 0 saturated heterocycles. The largest absolute Gasteiger partial charge is 0.480 e. The van der Waals surface area contributed by atoms with Gasteiger partial charge >= 0.3 is 18.2 Å². The van der Waals surface area contributed by atoms with Crippen LogP contribution in [0.2, 0.25) is 0 Å². The van der Waals surface area contributed by atoms with Gasteiger partial charge in [-0.15, -0.1) is 11.3 Å². The van der Waals surface area contributed by atoms with Gasteiger partial charge in [0.25, 0.3) is 0 Å². The van der Waals surface area contributed by atoms with Crippen molar-refractivity contribution in [2.24, 2.45) is 0 Å². The van der Waals surface area contributed by atoms with E-state index in [-0.39, 0.29) is 11.3 Å². The van der Waals surface area contributed by atoms with E-state index in [9.17, 15) is 22.8 Å². The SMILES string of the molecule is CC(C)(C)OC(=O)N[C@@H](Cc1ccc(C(F)(F)F)s1)C(=O)O. The van der Waals surface area contributed by atoms with Crippen LogP contribution in [0.25, 0.3) is 0 Å². The molecule has 124 valence electrons. The van der Waals surface area contributed by atoms with Crippen LogP contribution < -0.4 is 5.32 Å². The maximum atomic E-state index is 12.5. The number of halogens is 3. The van der Waals surface area contributed by atoms with Crippen LogP contribution >= 0.6 is 11.3 Å². The van der Waals surface area contributed by atoms with Crippen molar-refractivity contribution in [2.45, 2.75) is 45.0 Å². The first-order chi connectivity index (χ1) is 9.88. The van der Waals surface area contributed by atoms with Crippen molar-refractivity contribution >= 4 is 23.4 Å². The number of nitrogens with one attached hydrogen (secondary N) is 1. The lowest BCUT2D eigenvalue weighted by atomic mass is 10.2. The first-order valence-electron chi connectivity index (χ1n) is 6.27. The molecule has 1 aromatic heterocycles. The highest BCUT2D eigenvalue weighted by Gasteiger charge is 2.33. The van der Waals surface area contributed by atoms with Crippen LogP contribution in [0.3, 0.4) is 0 Å². The molecule has 0 aliphatic rings. The summed E-state index contributed by atoms with van der Waals surface area (Å²) in [6, 6.07) is 0.710. The van der Waals surface area contributed by atoms with Gasteiger partial charge in [-0.05, 0) is 32.9 Å². The molecule has 1 heterocycles. The number of hydrogen-bond acceptors (Lipinski definition) is 4. The minimum Gasteiger partial charge on any atom is -0.480 e. The Balaban J connectivity index is 2.75. The van der Waals surface area contributed by atoms with Crippen LogP contribution in [0.5, 0.6) is 0 Å². The summed E-state index contributed by atoms with van der Waals surface area (Å²) >= 11 is 0.445. The second kappa shape index (κ2) is 6.55. The number of rotatable bonds is 4. The second-order valence-electron chi connectivity index (χ2n) is 5.50. The van der Waals surface area contributed by atoms with Gasteiger partial charge in [-0.1, -0.05) is 0 Å². The summed E-state index contributed by atoms with van der Waals surface area (Å²) in [5.41, 5.74) is -0.806. The molecule has 0 spiro atoms. The van der Waals surface area contributed by atoms with Crippen LogP contribution in [0.4, 0.5) is 18.0 Å². The van der Waals surface area contributed by atoms with Gasteiger partial charge in [0.2, 0.25) is 0 Å². The van der Waals surface area contributed by atoms with E-state index >= 15 is 0 Å². The van der Waals surface area contributed by atoms with Crippen LogP contribution in [0.15, 0.2) is 12.1 Å². The number of hydrogen-bond donors (Lipinski definition) is 2. The summed E-state index contributed by atoms with van der Waals surface area (Å²) in [5.74, 6) is -1.35. The fourth-order valence-electron chi connectivity index (χ4n) is 1.49.